The first-order valence-electron chi connectivity index (χ1n) is 6.04. The number of ether oxygens (including phenoxy) is 1. The molecule has 0 aromatic carbocycles. The summed E-state index contributed by atoms with van der Waals surface area (Å²) in [5.74, 6) is 1.46. The fourth-order valence-electron chi connectivity index (χ4n) is 2.98. The summed E-state index contributed by atoms with van der Waals surface area (Å²) in [5, 5.41) is 3.42. The molecule has 2 saturated heterocycles. The highest BCUT2D eigenvalue weighted by molar-refractivity contribution is 5.76. The van der Waals surface area contributed by atoms with E-state index in [-0.39, 0.29) is 11.4 Å². The summed E-state index contributed by atoms with van der Waals surface area (Å²) in [6, 6.07) is 0. The number of carbonyl (C=O) groups is 1. The lowest BCUT2D eigenvalue weighted by atomic mass is 9.93. The average Bonchev–Trinajstić information content (AvgIpc) is 2.75. The minimum atomic E-state index is -0.388. The zero-order valence-corrected chi connectivity index (χ0v) is 10.5. The van der Waals surface area contributed by atoms with Crippen molar-refractivity contribution in [2.24, 2.45) is 17.3 Å². The molecule has 0 radical (unpaired) electrons. The maximum Gasteiger partial charge on any atom is 0.312 e. The van der Waals surface area contributed by atoms with Crippen LogP contribution in [0.25, 0.3) is 0 Å². The lowest BCUT2D eigenvalue weighted by molar-refractivity contribution is -0.151. The number of fused-ring (bicyclic) bond motifs is 1. The number of nitrogens with one attached hydrogen (secondary N) is 1. The Kier molecular flexibility index (Phi) is 3.22. The van der Waals surface area contributed by atoms with E-state index in [9.17, 15) is 4.79 Å². The van der Waals surface area contributed by atoms with Crippen LogP contribution in [0.4, 0.5) is 0 Å². The van der Waals surface area contributed by atoms with Crippen LogP contribution in [-0.4, -0.2) is 50.7 Å². The van der Waals surface area contributed by atoms with Gasteiger partial charge < -0.3 is 15.0 Å². The Hall–Kier alpha value is -0.610. The maximum absolute atomic E-state index is 11.6. The molecule has 0 unspecified atom stereocenters. The lowest BCUT2D eigenvalue weighted by Crippen LogP contribution is -2.40. The number of carbonyl (C=O) groups excluding carboxylic acids is 1. The molecule has 16 heavy (non-hydrogen) atoms. The topological polar surface area (TPSA) is 41.6 Å². The number of hydrogen-bond donors (Lipinski definition) is 1. The summed E-state index contributed by atoms with van der Waals surface area (Å²) in [6.45, 7) is 9.26. The van der Waals surface area contributed by atoms with Crippen molar-refractivity contribution in [3.63, 3.8) is 0 Å². The van der Waals surface area contributed by atoms with E-state index >= 15 is 0 Å². The van der Waals surface area contributed by atoms with E-state index < -0.39 is 0 Å². The highest BCUT2D eigenvalue weighted by atomic mass is 16.5. The molecule has 2 rings (SSSR count). The van der Waals surface area contributed by atoms with Crippen LogP contribution in [0.1, 0.15) is 13.8 Å². The lowest BCUT2D eigenvalue weighted by Gasteiger charge is -2.28. The van der Waals surface area contributed by atoms with Crippen molar-refractivity contribution in [2.45, 2.75) is 13.8 Å². The van der Waals surface area contributed by atoms with E-state index in [0.29, 0.717) is 0 Å². The van der Waals surface area contributed by atoms with E-state index in [1.807, 2.05) is 13.8 Å². The van der Waals surface area contributed by atoms with Crippen LogP contribution in [0.15, 0.2) is 0 Å². The van der Waals surface area contributed by atoms with Gasteiger partial charge in [0.05, 0.1) is 12.5 Å². The molecule has 1 N–H and O–H groups in total. The third kappa shape index (κ3) is 2.23. The normalized spacial score (nSPS) is 30.4. The van der Waals surface area contributed by atoms with Crippen molar-refractivity contribution >= 4 is 5.97 Å². The second-order valence-corrected chi connectivity index (χ2v) is 5.75. The minimum Gasteiger partial charge on any atom is -0.469 e. The van der Waals surface area contributed by atoms with Gasteiger partial charge in [-0.2, -0.15) is 0 Å². The molecule has 0 saturated carbocycles. The Bertz CT molecular complexity index is 266. The highest BCUT2D eigenvalue weighted by Crippen LogP contribution is 2.29. The van der Waals surface area contributed by atoms with Crippen LogP contribution < -0.4 is 5.32 Å². The third-order valence-electron chi connectivity index (χ3n) is 3.82. The Labute approximate surface area is 97.3 Å². The summed E-state index contributed by atoms with van der Waals surface area (Å²) in [4.78, 5) is 14.0. The Morgan fingerprint density at radius 1 is 1.38 bits per heavy atom. The standard InChI is InChI=1S/C12H22N2O2/c1-12(2,11(15)16-3)8-14-6-9-4-13-5-10(9)7-14/h9-10,13H,4-8H2,1-3H3/t9-,10+. The van der Waals surface area contributed by atoms with Crippen molar-refractivity contribution < 1.29 is 9.53 Å². The molecule has 2 aliphatic rings. The van der Waals surface area contributed by atoms with E-state index in [1.165, 1.54) is 7.11 Å². The van der Waals surface area contributed by atoms with Crippen LogP contribution in [0, 0.1) is 17.3 Å². The van der Waals surface area contributed by atoms with Gasteiger partial charge >= 0.3 is 5.97 Å². The molecule has 0 aromatic heterocycles. The SMILES string of the molecule is COC(=O)C(C)(C)CN1C[C@H]2CNC[C@H]2C1. The zero-order valence-electron chi connectivity index (χ0n) is 10.5. The van der Waals surface area contributed by atoms with Gasteiger partial charge in [-0.05, 0) is 38.8 Å². The van der Waals surface area contributed by atoms with Gasteiger partial charge in [0.25, 0.3) is 0 Å². The molecule has 0 amide bonds. The molecule has 2 heterocycles. The molecule has 2 atom stereocenters. The van der Waals surface area contributed by atoms with E-state index in [4.69, 9.17) is 4.74 Å². The largest absolute Gasteiger partial charge is 0.469 e. The molecule has 2 aliphatic heterocycles. The molecule has 4 heteroatoms. The fourth-order valence-corrected chi connectivity index (χ4v) is 2.98. The van der Waals surface area contributed by atoms with E-state index in [0.717, 1.165) is 44.6 Å². The molecule has 0 aromatic rings. The second kappa shape index (κ2) is 4.34. The zero-order chi connectivity index (χ0) is 11.8. The molecule has 2 fully saturated rings. The summed E-state index contributed by atoms with van der Waals surface area (Å²) >= 11 is 0. The highest BCUT2D eigenvalue weighted by Gasteiger charge is 2.39. The Morgan fingerprint density at radius 2 is 1.94 bits per heavy atom. The quantitative estimate of drug-likeness (QED) is 0.705. The third-order valence-corrected chi connectivity index (χ3v) is 3.82. The van der Waals surface area contributed by atoms with Crippen LogP contribution in [0.5, 0.6) is 0 Å². The van der Waals surface area contributed by atoms with Crippen LogP contribution in [0.3, 0.4) is 0 Å². The van der Waals surface area contributed by atoms with Crippen LogP contribution >= 0.6 is 0 Å². The smallest absolute Gasteiger partial charge is 0.312 e. The van der Waals surface area contributed by atoms with Gasteiger partial charge in [-0.3, -0.25) is 4.79 Å². The van der Waals surface area contributed by atoms with Crippen molar-refractivity contribution in [3.8, 4) is 0 Å². The summed E-state index contributed by atoms with van der Waals surface area (Å²) in [6.07, 6.45) is 0. The monoisotopic (exact) mass is 226 g/mol. The number of methoxy groups -OCH3 is 1. The molecule has 0 bridgehead atoms. The predicted octanol–water partition coefficient (Wildman–Crippen LogP) is 0.337. The molecule has 0 aliphatic carbocycles. The Balaban J connectivity index is 1.89. The molecular weight excluding hydrogens is 204 g/mol. The average molecular weight is 226 g/mol. The van der Waals surface area contributed by atoms with Gasteiger partial charge in [-0.1, -0.05) is 0 Å². The van der Waals surface area contributed by atoms with Gasteiger partial charge in [0.15, 0.2) is 0 Å². The first kappa shape index (κ1) is 11.9. The van der Waals surface area contributed by atoms with Crippen molar-refractivity contribution in [1.29, 1.82) is 0 Å². The number of rotatable bonds is 3. The number of nitrogens with zero attached hydrogens (tertiary/aromatic N) is 1. The van der Waals surface area contributed by atoms with Gasteiger partial charge in [0.2, 0.25) is 0 Å². The Morgan fingerprint density at radius 3 is 2.44 bits per heavy atom. The van der Waals surface area contributed by atoms with Gasteiger partial charge in [-0.15, -0.1) is 0 Å². The first-order valence-corrected chi connectivity index (χ1v) is 6.04. The first-order chi connectivity index (χ1) is 7.53. The van der Waals surface area contributed by atoms with Gasteiger partial charge in [0.1, 0.15) is 0 Å². The fraction of sp³-hybridized carbons (Fsp3) is 0.917. The summed E-state index contributed by atoms with van der Waals surface area (Å²) in [5.41, 5.74) is -0.388. The number of esters is 1. The summed E-state index contributed by atoms with van der Waals surface area (Å²) in [7, 11) is 1.46. The molecule has 4 nitrogen and oxygen atoms in total. The molecular formula is C12H22N2O2. The minimum absolute atomic E-state index is 0.109. The number of likely N-dealkylation sites (tertiary alicyclic amines) is 1. The predicted molar refractivity (Wildman–Crippen MR) is 62.1 cm³/mol. The van der Waals surface area contributed by atoms with Gasteiger partial charge in [-0.25, -0.2) is 0 Å². The van der Waals surface area contributed by atoms with E-state index in [2.05, 4.69) is 10.2 Å². The number of hydrogen-bond acceptors (Lipinski definition) is 4. The van der Waals surface area contributed by atoms with Crippen molar-refractivity contribution in [2.75, 3.05) is 39.8 Å². The van der Waals surface area contributed by atoms with Gasteiger partial charge in [0, 0.05) is 19.6 Å². The second-order valence-electron chi connectivity index (χ2n) is 5.75. The summed E-state index contributed by atoms with van der Waals surface area (Å²) < 4.78 is 4.84. The molecule has 92 valence electrons. The maximum atomic E-state index is 11.6. The van der Waals surface area contributed by atoms with E-state index in [1.54, 1.807) is 0 Å². The molecule has 0 spiro atoms. The van der Waals surface area contributed by atoms with Crippen LogP contribution in [-0.2, 0) is 9.53 Å². The van der Waals surface area contributed by atoms with Crippen molar-refractivity contribution in [1.82, 2.24) is 10.2 Å². The van der Waals surface area contributed by atoms with Crippen molar-refractivity contribution in [3.05, 3.63) is 0 Å². The van der Waals surface area contributed by atoms with Crippen LogP contribution in [0.2, 0.25) is 0 Å².